The van der Waals surface area contributed by atoms with Crippen molar-refractivity contribution in [2.24, 2.45) is 11.7 Å². The lowest BCUT2D eigenvalue weighted by Crippen LogP contribution is -2.58. The van der Waals surface area contributed by atoms with Gasteiger partial charge in [-0.2, -0.15) is 0 Å². The zero-order chi connectivity index (χ0) is 14.6. The minimum Gasteiger partial charge on any atom is -0.352 e. The molecule has 3 heteroatoms. The van der Waals surface area contributed by atoms with Gasteiger partial charge in [0.2, 0.25) is 5.91 Å². The Bertz CT molecular complexity index is 446. The number of carbonyl (C=O) groups excluding carboxylic acids is 1. The van der Waals surface area contributed by atoms with Crippen LogP contribution in [-0.2, 0) is 11.2 Å². The van der Waals surface area contributed by atoms with Crippen LogP contribution in [0.25, 0.3) is 0 Å². The van der Waals surface area contributed by atoms with Crippen molar-refractivity contribution >= 4 is 5.91 Å². The zero-order valence-corrected chi connectivity index (χ0v) is 12.6. The molecule has 3 atom stereocenters. The number of benzene rings is 1. The molecule has 0 saturated heterocycles. The fourth-order valence-electron chi connectivity index (χ4n) is 3.18. The van der Waals surface area contributed by atoms with Gasteiger partial charge < -0.3 is 11.1 Å². The summed E-state index contributed by atoms with van der Waals surface area (Å²) in [6, 6.07) is 10.3. The van der Waals surface area contributed by atoms with E-state index in [1.165, 1.54) is 12.0 Å². The molecule has 1 aliphatic carbocycles. The second-order valence-electron chi connectivity index (χ2n) is 6.42. The predicted molar refractivity (Wildman–Crippen MR) is 82.3 cm³/mol. The highest BCUT2D eigenvalue weighted by Gasteiger charge is 2.38. The Hall–Kier alpha value is -1.35. The van der Waals surface area contributed by atoms with Crippen molar-refractivity contribution in [3.63, 3.8) is 0 Å². The lowest BCUT2D eigenvalue weighted by molar-refractivity contribution is -0.128. The molecule has 110 valence electrons. The maximum Gasteiger partial charge on any atom is 0.240 e. The van der Waals surface area contributed by atoms with E-state index in [0.29, 0.717) is 5.92 Å². The molecule has 1 fully saturated rings. The maximum absolute atomic E-state index is 12.4. The van der Waals surface area contributed by atoms with Gasteiger partial charge >= 0.3 is 0 Å². The van der Waals surface area contributed by atoms with Gasteiger partial charge in [0.1, 0.15) is 0 Å². The van der Waals surface area contributed by atoms with Gasteiger partial charge in [0, 0.05) is 6.04 Å². The van der Waals surface area contributed by atoms with E-state index in [1.807, 2.05) is 25.1 Å². The van der Waals surface area contributed by atoms with Gasteiger partial charge in [-0.3, -0.25) is 4.79 Å². The van der Waals surface area contributed by atoms with Crippen LogP contribution in [-0.4, -0.2) is 17.5 Å². The molecule has 1 aromatic carbocycles. The van der Waals surface area contributed by atoms with E-state index in [2.05, 4.69) is 24.4 Å². The molecule has 3 nitrogen and oxygen atoms in total. The van der Waals surface area contributed by atoms with E-state index >= 15 is 0 Å². The molecule has 0 bridgehead atoms. The molecular formula is C17H26N2O. The number of hydrogen-bond acceptors (Lipinski definition) is 2. The molecule has 0 radical (unpaired) electrons. The Kier molecular flexibility index (Phi) is 4.81. The Morgan fingerprint density at radius 2 is 2.15 bits per heavy atom. The Morgan fingerprint density at radius 1 is 1.45 bits per heavy atom. The second-order valence-corrected chi connectivity index (χ2v) is 6.42. The van der Waals surface area contributed by atoms with Crippen LogP contribution < -0.4 is 11.1 Å². The number of carbonyl (C=O) groups is 1. The molecule has 3 N–H and O–H groups in total. The van der Waals surface area contributed by atoms with E-state index in [0.717, 1.165) is 25.7 Å². The quantitative estimate of drug-likeness (QED) is 0.887. The molecule has 0 heterocycles. The van der Waals surface area contributed by atoms with E-state index in [1.54, 1.807) is 0 Å². The Balaban J connectivity index is 1.90. The third kappa shape index (κ3) is 3.83. The topological polar surface area (TPSA) is 55.1 Å². The lowest BCUT2D eigenvalue weighted by Gasteiger charge is -2.36. The molecule has 1 aromatic rings. The number of hydrogen-bond donors (Lipinski definition) is 2. The monoisotopic (exact) mass is 274 g/mol. The van der Waals surface area contributed by atoms with Crippen molar-refractivity contribution in [2.45, 2.75) is 57.5 Å². The molecule has 20 heavy (non-hydrogen) atoms. The molecule has 3 unspecified atom stereocenters. The first kappa shape index (κ1) is 15.0. The first-order chi connectivity index (χ1) is 9.49. The summed E-state index contributed by atoms with van der Waals surface area (Å²) in [5.41, 5.74) is 6.90. The minimum absolute atomic E-state index is 0.0208. The summed E-state index contributed by atoms with van der Waals surface area (Å²) in [5.74, 6) is 0.566. The molecule has 1 amide bonds. The average molecular weight is 274 g/mol. The highest BCUT2D eigenvalue weighted by Crippen LogP contribution is 2.30. The maximum atomic E-state index is 12.4. The van der Waals surface area contributed by atoms with E-state index in [4.69, 9.17) is 5.73 Å². The van der Waals surface area contributed by atoms with Gasteiger partial charge in [0.25, 0.3) is 0 Å². The Labute approximate surface area is 121 Å². The summed E-state index contributed by atoms with van der Waals surface area (Å²) in [6.07, 6.45) is 4.69. The van der Waals surface area contributed by atoms with Gasteiger partial charge in [-0.15, -0.1) is 0 Å². The molecule has 0 spiro atoms. The molecule has 0 aliphatic heterocycles. The van der Waals surface area contributed by atoms with Crippen LogP contribution in [0, 0.1) is 5.92 Å². The number of nitrogens with one attached hydrogen (secondary N) is 1. The average Bonchev–Trinajstić information content (AvgIpc) is 2.39. The molecule has 1 saturated carbocycles. The van der Waals surface area contributed by atoms with Crippen LogP contribution in [0.3, 0.4) is 0 Å². The van der Waals surface area contributed by atoms with Crippen LogP contribution in [0.15, 0.2) is 30.3 Å². The van der Waals surface area contributed by atoms with Crippen molar-refractivity contribution in [1.82, 2.24) is 5.32 Å². The predicted octanol–water partition coefficient (Wildman–Crippen LogP) is 2.64. The summed E-state index contributed by atoms with van der Waals surface area (Å²) in [7, 11) is 0. The summed E-state index contributed by atoms with van der Waals surface area (Å²) in [6.45, 7) is 4.22. The van der Waals surface area contributed by atoms with Crippen LogP contribution in [0.2, 0.25) is 0 Å². The van der Waals surface area contributed by atoms with Gasteiger partial charge in [0.05, 0.1) is 5.54 Å². The highest BCUT2D eigenvalue weighted by molar-refractivity contribution is 5.86. The van der Waals surface area contributed by atoms with Gasteiger partial charge in [-0.05, 0) is 37.7 Å². The van der Waals surface area contributed by atoms with Gasteiger partial charge in [-0.1, -0.05) is 50.1 Å². The number of rotatable bonds is 4. The summed E-state index contributed by atoms with van der Waals surface area (Å²) in [5, 5.41) is 3.10. The molecule has 2 rings (SSSR count). The first-order valence-electron chi connectivity index (χ1n) is 7.63. The Morgan fingerprint density at radius 3 is 2.80 bits per heavy atom. The largest absolute Gasteiger partial charge is 0.352 e. The summed E-state index contributed by atoms with van der Waals surface area (Å²) >= 11 is 0. The fourth-order valence-corrected chi connectivity index (χ4v) is 3.18. The van der Waals surface area contributed by atoms with Crippen LogP contribution >= 0.6 is 0 Å². The first-order valence-corrected chi connectivity index (χ1v) is 7.63. The van der Waals surface area contributed by atoms with Crippen molar-refractivity contribution in [3.8, 4) is 0 Å². The van der Waals surface area contributed by atoms with Crippen molar-refractivity contribution < 1.29 is 4.79 Å². The van der Waals surface area contributed by atoms with Gasteiger partial charge in [-0.25, -0.2) is 0 Å². The van der Waals surface area contributed by atoms with Crippen LogP contribution in [0.4, 0.5) is 0 Å². The second kappa shape index (κ2) is 6.40. The minimum atomic E-state index is -0.664. The summed E-state index contributed by atoms with van der Waals surface area (Å²) < 4.78 is 0. The standard InChI is InChI=1S/C17H26N2O/c1-13-7-6-10-17(18,12-13)16(20)19-14(2)11-15-8-4-3-5-9-15/h3-5,8-9,13-14H,6-7,10-12,18H2,1-2H3,(H,19,20). The smallest absolute Gasteiger partial charge is 0.240 e. The molecular weight excluding hydrogens is 248 g/mol. The molecule has 1 aliphatic rings. The highest BCUT2D eigenvalue weighted by atomic mass is 16.2. The fraction of sp³-hybridized carbons (Fsp3) is 0.588. The summed E-state index contributed by atoms with van der Waals surface area (Å²) in [4.78, 5) is 12.4. The van der Waals surface area contributed by atoms with Gasteiger partial charge in [0.15, 0.2) is 0 Å². The lowest BCUT2D eigenvalue weighted by atomic mass is 9.76. The van der Waals surface area contributed by atoms with E-state index in [9.17, 15) is 4.79 Å². The van der Waals surface area contributed by atoms with E-state index < -0.39 is 5.54 Å². The third-order valence-corrected chi connectivity index (χ3v) is 4.25. The number of amides is 1. The van der Waals surface area contributed by atoms with Crippen molar-refractivity contribution in [1.29, 1.82) is 0 Å². The third-order valence-electron chi connectivity index (χ3n) is 4.25. The van der Waals surface area contributed by atoms with Crippen molar-refractivity contribution in [2.75, 3.05) is 0 Å². The van der Waals surface area contributed by atoms with Crippen molar-refractivity contribution in [3.05, 3.63) is 35.9 Å². The van der Waals surface area contributed by atoms with E-state index in [-0.39, 0.29) is 11.9 Å². The van der Waals surface area contributed by atoms with Crippen LogP contribution in [0.1, 0.15) is 45.1 Å². The zero-order valence-electron chi connectivity index (χ0n) is 12.6. The van der Waals surface area contributed by atoms with Crippen LogP contribution in [0.5, 0.6) is 0 Å². The molecule has 0 aromatic heterocycles. The number of nitrogens with two attached hydrogens (primary N) is 1. The normalized spacial score (nSPS) is 27.9. The SMILES string of the molecule is CC1CCCC(N)(C(=O)NC(C)Cc2ccccc2)C1.